The van der Waals surface area contributed by atoms with E-state index in [1.807, 2.05) is 0 Å². The fraction of sp³-hybridized carbons (Fsp3) is 0.562. The molecule has 25 heavy (non-hydrogen) atoms. The van der Waals surface area contributed by atoms with Gasteiger partial charge in [-0.3, -0.25) is 4.79 Å². The van der Waals surface area contributed by atoms with Gasteiger partial charge in [-0.1, -0.05) is 3.89 Å². The maximum atomic E-state index is 14.3. The average molecular weight is 395 g/mol. The summed E-state index contributed by atoms with van der Waals surface area (Å²) in [5.74, 6) is -1.35. The summed E-state index contributed by atoms with van der Waals surface area (Å²) in [6.45, 7) is 1.89. The fourth-order valence-electron chi connectivity index (χ4n) is 3.32. The lowest BCUT2D eigenvalue weighted by atomic mass is 9.87. The summed E-state index contributed by atoms with van der Waals surface area (Å²) in [4.78, 5) is 11.8. The largest absolute Gasteiger partial charge is 0.399 e. The zero-order valence-electron chi connectivity index (χ0n) is 13.6. The van der Waals surface area contributed by atoms with E-state index in [0.717, 1.165) is 56.3 Å². The third kappa shape index (κ3) is 5.36. The zero-order valence-corrected chi connectivity index (χ0v) is 15.2. The molecule has 2 aliphatic rings. The lowest BCUT2D eigenvalue weighted by Gasteiger charge is -2.24. The Balaban J connectivity index is 0.00000225. The van der Waals surface area contributed by atoms with Crippen molar-refractivity contribution < 1.29 is 21.5 Å². The molecule has 0 aromatic heterocycles. The van der Waals surface area contributed by atoms with Crippen LogP contribution in [0.1, 0.15) is 53.1 Å². The van der Waals surface area contributed by atoms with Crippen molar-refractivity contribution in [1.29, 1.82) is 0 Å². The number of benzene rings is 1. The van der Waals surface area contributed by atoms with Crippen molar-refractivity contribution in [3.63, 3.8) is 0 Å². The smallest absolute Gasteiger partial charge is 0.317 e. The first-order valence-corrected chi connectivity index (χ1v) is 9.51. The maximum absolute atomic E-state index is 14.3. The van der Waals surface area contributed by atoms with Gasteiger partial charge in [-0.25, -0.2) is 9.11 Å². The lowest BCUT2D eigenvalue weighted by molar-refractivity contribution is 0.0976. The molecule has 0 spiro atoms. The number of hydrogen-bond donors (Lipinski definition) is 2. The monoisotopic (exact) mass is 394 g/mol. The van der Waals surface area contributed by atoms with Crippen LogP contribution in [0.4, 0.5) is 8.28 Å². The van der Waals surface area contributed by atoms with Gasteiger partial charge in [0.25, 0.3) is 5.91 Å². The van der Waals surface area contributed by atoms with E-state index in [9.17, 15) is 21.5 Å². The fourth-order valence-corrected chi connectivity index (χ4v) is 3.65. The standard InChI is InChI=1S/C16H20F2N2O3S.ClH/c17-15-8-12(7-10-3-5-19-6-4-10)13(11-1-2-11)9-14(15)16(21)20-24(18,22)23;/h8-11,19H,1-7H2,(H,20,21);1H. The zero-order chi connectivity index (χ0) is 17.3. The molecule has 0 atom stereocenters. The van der Waals surface area contributed by atoms with Crippen molar-refractivity contribution >= 4 is 28.7 Å². The molecule has 2 N–H and O–H groups in total. The second kappa shape index (κ2) is 7.97. The van der Waals surface area contributed by atoms with Gasteiger partial charge in [-0.05, 0) is 80.3 Å². The molecule has 9 heteroatoms. The summed E-state index contributed by atoms with van der Waals surface area (Å²) < 4.78 is 49.2. The molecule has 1 amide bonds. The van der Waals surface area contributed by atoms with E-state index in [2.05, 4.69) is 5.32 Å². The molecule has 0 bridgehead atoms. The molecule has 1 heterocycles. The lowest BCUT2D eigenvalue weighted by Crippen LogP contribution is -2.29. The second-order valence-corrected chi connectivity index (χ2v) is 7.65. The molecule has 5 nitrogen and oxygen atoms in total. The molecule has 1 aliphatic heterocycles. The molecule has 1 aliphatic carbocycles. The highest BCUT2D eigenvalue weighted by molar-refractivity contribution is 7.85. The van der Waals surface area contributed by atoms with E-state index in [0.29, 0.717) is 5.92 Å². The van der Waals surface area contributed by atoms with Gasteiger partial charge in [0.15, 0.2) is 0 Å². The van der Waals surface area contributed by atoms with E-state index < -0.39 is 27.7 Å². The molecule has 3 rings (SSSR count). The summed E-state index contributed by atoms with van der Waals surface area (Å²) >= 11 is 0. The van der Waals surface area contributed by atoms with Crippen molar-refractivity contribution in [2.75, 3.05) is 13.1 Å². The Morgan fingerprint density at radius 3 is 2.40 bits per heavy atom. The van der Waals surface area contributed by atoms with E-state index in [4.69, 9.17) is 0 Å². The Morgan fingerprint density at radius 2 is 1.84 bits per heavy atom. The number of rotatable bonds is 5. The Bertz CT molecular complexity index is 748. The molecule has 1 saturated heterocycles. The summed E-state index contributed by atoms with van der Waals surface area (Å²) in [6.07, 6.45) is 4.72. The predicted octanol–water partition coefficient (Wildman–Crippen LogP) is 2.61. The SMILES string of the molecule is Cl.O=C(NS(=O)(=O)F)c1cc(C2CC2)c(CC2CCNCC2)cc1F. The summed E-state index contributed by atoms with van der Waals surface area (Å²) in [7, 11) is -5.21. The van der Waals surface area contributed by atoms with Crippen LogP contribution in [0.15, 0.2) is 12.1 Å². The van der Waals surface area contributed by atoms with Crippen molar-refractivity contribution in [2.45, 2.75) is 38.0 Å². The topological polar surface area (TPSA) is 75.3 Å². The molecule has 1 aromatic rings. The quantitative estimate of drug-likeness (QED) is 0.753. The summed E-state index contributed by atoms with van der Waals surface area (Å²) in [5, 5.41) is 3.29. The van der Waals surface area contributed by atoms with Gasteiger partial charge in [0.2, 0.25) is 0 Å². The maximum Gasteiger partial charge on any atom is 0.399 e. The van der Waals surface area contributed by atoms with Crippen LogP contribution in [-0.2, 0) is 16.8 Å². The summed E-state index contributed by atoms with van der Waals surface area (Å²) in [6, 6.07) is 2.71. The third-order valence-electron chi connectivity index (χ3n) is 4.67. The molecular formula is C16H21ClF2N2O3S. The van der Waals surface area contributed by atoms with Gasteiger partial charge < -0.3 is 5.32 Å². The number of carbonyl (C=O) groups excluding carboxylic acids is 1. The molecular weight excluding hydrogens is 374 g/mol. The van der Waals surface area contributed by atoms with Crippen LogP contribution in [0, 0.1) is 11.7 Å². The van der Waals surface area contributed by atoms with Crippen LogP contribution < -0.4 is 10.0 Å². The van der Waals surface area contributed by atoms with Gasteiger partial charge in [0.1, 0.15) is 5.82 Å². The van der Waals surface area contributed by atoms with Crippen LogP contribution in [0.5, 0.6) is 0 Å². The molecule has 0 unspecified atom stereocenters. The Kier molecular flexibility index (Phi) is 6.40. The minimum atomic E-state index is -5.21. The number of piperidine rings is 1. The highest BCUT2D eigenvalue weighted by Gasteiger charge is 2.30. The van der Waals surface area contributed by atoms with Crippen molar-refractivity contribution in [2.24, 2.45) is 5.92 Å². The number of carbonyl (C=O) groups is 1. The van der Waals surface area contributed by atoms with Crippen LogP contribution in [0.3, 0.4) is 0 Å². The molecule has 1 saturated carbocycles. The van der Waals surface area contributed by atoms with Crippen LogP contribution in [0.2, 0.25) is 0 Å². The van der Waals surface area contributed by atoms with Crippen LogP contribution >= 0.6 is 12.4 Å². The van der Waals surface area contributed by atoms with Gasteiger partial charge in [0, 0.05) is 0 Å². The van der Waals surface area contributed by atoms with Crippen molar-refractivity contribution in [1.82, 2.24) is 10.0 Å². The van der Waals surface area contributed by atoms with Crippen LogP contribution in [0.25, 0.3) is 0 Å². The number of hydrogen-bond acceptors (Lipinski definition) is 4. The summed E-state index contributed by atoms with van der Waals surface area (Å²) in [5.41, 5.74) is 1.34. The Hall–Kier alpha value is -1.25. The van der Waals surface area contributed by atoms with Crippen LogP contribution in [-0.4, -0.2) is 27.4 Å². The Labute approximate surface area is 152 Å². The minimum Gasteiger partial charge on any atom is -0.317 e. The molecule has 140 valence electrons. The minimum absolute atomic E-state index is 0. The van der Waals surface area contributed by atoms with E-state index in [1.165, 1.54) is 16.9 Å². The van der Waals surface area contributed by atoms with Gasteiger partial charge in [-0.15, -0.1) is 12.4 Å². The molecule has 1 aromatic carbocycles. The van der Waals surface area contributed by atoms with Gasteiger partial charge in [-0.2, -0.15) is 8.42 Å². The first-order chi connectivity index (χ1) is 11.3. The molecule has 2 fully saturated rings. The predicted molar refractivity (Wildman–Crippen MR) is 92.4 cm³/mol. The second-order valence-electron chi connectivity index (χ2n) is 6.57. The highest BCUT2D eigenvalue weighted by atomic mass is 35.5. The first-order valence-electron chi connectivity index (χ1n) is 8.13. The first kappa shape index (κ1) is 20.1. The van der Waals surface area contributed by atoms with E-state index >= 15 is 0 Å². The molecule has 0 radical (unpaired) electrons. The van der Waals surface area contributed by atoms with Crippen molar-refractivity contribution in [3.05, 3.63) is 34.6 Å². The third-order valence-corrected chi connectivity index (χ3v) is 5.10. The number of amides is 1. The van der Waals surface area contributed by atoms with Gasteiger partial charge in [0.05, 0.1) is 5.56 Å². The highest BCUT2D eigenvalue weighted by Crippen LogP contribution is 2.43. The number of nitrogens with one attached hydrogen (secondary N) is 2. The van der Waals surface area contributed by atoms with Crippen molar-refractivity contribution in [3.8, 4) is 0 Å². The van der Waals surface area contributed by atoms with Gasteiger partial charge >= 0.3 is 10.4 Å². The van der Waals surface area contributed by atoms with E-state index in [1.54, 1.807) is 0 Å². The average Bonchev–Trinajstić information content (AvgIpc) is 3.31. The Morgan fingerprint density at radius 1 is 1.20 bits per heavy atom. The van der Waals surface area contributed by atoms with E-state index in [-0.39, 0.29) is 18.3 Å². The normalized spacial score (nSPS) is 18.5. The number of halogens is 3.